The van der Waals surface area contributed by atoms with Gasteiger partial charge in [0.1, 0.15) is 5.60 Å². The highest BCUT2D eigenvalue weighted by atomic mass is 16.8. The molecule has 0 saturated heterocycles. The summed E-state index contributed by atoms with van der Waals surface area (Å²) in [6.45, 7) is 6.01. The van der Waals surface area contributed by atoms with E-state index in [4.69, 9.17) is 19.0 Å². The first-order valence-electron chi connectivity index (χ1n) is 8.64. The van der Waals surface area contributed by atoms with Crippen molar-refractivity contribution in [1.29, 1.82) is 0 Å². The Labute approximate surface area is 155 Å². The summed E-state index contributed by atoms with van der Waals surface area (Å²) in [4.78, 5) is 28.5. The van der Waals surface area contributed by atoms with Gasteiger partial charge in [-0.25, -0.2) is 4.79 Å². The fraction of sp³-hybridized carbons (Fsp3) is 0.579. The third-order valence-electron chi connectivity index (χ3n) is 3.54. The van der Waals surface area contributed by atoms with Crippen LogP contribution in [-0.4, -0.2) is 56.2 Å². The van der Waals surface area contributed by atoms with Gasteiger partial charge in [0.15, 0.2) is 0 Å². The van der Waals surface area contributed by atoms with Crippen molar-refractivity contribution in [2.45, 2.75) is 39.2 Å². The maximum Gasteiger partial charge on any atom is 0.443 e. The summed E-state index contributed by atoms with van der Waals surface area (Å²) in [7, 11) is 1.57. The Kier molecular flexibility index (Phi) is 9.69. The number of hydrogen-bond acceptors (Lipinski definition) is 6. The van der Waals surface area contributed by atoms with Crippen LogP contribution in [0.1, 0.15) is 32.8 Å². The van der Waals surface area contributed by atoms with Gasteiger partial charge in [-0.15, -0.1) is 5.06 Å². The third-order valence-corrected chi connectivity index (χ3v) is 3.54. The quantitative estimate of drug-likeness (QED) is 0.467. The van der Waals surface area contributed by atoms with E-state index in [-0.39, 0.29) is 13.2 Å². The van der Waals surface area contributed by atoms with E-state index >= 15 is 0 Å². The fourth-order valence-corrected chi connectivity index (χ4v) is 2.15. The van der Waals surface area contributed by atoms with Crippen LogP contribution in [0.5, 0.6) is 0 Å². The standard InChI is InChI=1S/C19H29NO6/c1-16(21)26-20(12-13-24-15-14-23-4)18(22)25-19(2,3)11-10-17-8-6-5-7-9-17/h5-9H,10-15H2,1-4H3. The molecule has 0 radical (unpaired) electrons. The summed E-state index contributed by atoms with van der Waals surface area (Å²) in [5, 5.41) is 0.888. The number of methoxy groups -OCH3 is 1. The van der Waals surface area contributed by atoms with E-state index in [2.05, 4.69) is 0 Å². The Bertz CT molecular complexity index is 546. The highest BCUT2D eigenvalue weighted by molar-refractivity contribution is 5.71. The molecule has 0 N–H and O–H groups in total. The van der Waals surface area contributed by atoms with E-state index in [1.54, 1.807) is 7.11 Å². The Morgan fingerprint density at radius 1 is 1.08 bits per heavy atom. The van der Waals surface area contributed by atoms with Gasteiger partial charge in [-0.05, 0) is 32.3 Å². The van der Waals surface area contributed by atoms with Crippen LogP contribution in [0.15, 0.2) is 30.3 Å². The van der Waals surface area contributed by atoms with Crippen LogP contribution in [0.4, 0.5) is 4.79 Å². The SMILES string of the molecule is COCCOCCN(OC(C)=O)C(=O)OC(C)(C)CCc1ccccc1. The molecule has 0 saturated carbocycles. The largest absolute Gasteiger partial charge is 0.443 e. The van der Waals surface area contributed by atoms with Crippen LogP contribution in [-0.2, 0) is 30.3 Å². The van der Waals surface area contributed by atoms with Crippen molar-refractivity contribution in [1.82, 2.24) is 5.06 Å². The van der Waals surface area contributed by atoms with E-state index < -0.39 is 17.7 Å². The van der Waals surface area contributed by atoms with Gasteiger partial charge in [-0.2, -0.15) is 0 Å². The van der Waals surface area contributed by atoms with E-state index in [0.29, 0.717) is 19.6 Å². The van der Waals surface area contributed by atoms with Crippen LogP contribution >= 0.6 is 0 Å². The van der Waals surface area contributed by atoms with Gasteiger partial charge < -0.3 is 19.0 Å². The second-order valence-corrected chi connectivity index (χ2v) is 6.40. The molecule has 0 spiro atoms. The Morgan fingerprint density at radius 2 is 1.77 bits per heavy atom. The maximum absolute atomic E-state index is 12.4. The summed E-state index contributed by atoms with van der Waals surface area (Å²) >= 11 is 0. The monoisotopic (exact) mass is 367 g/mol. The molecular formula is C19H29NO6. The zero-order valence-electron chi connectivity index (χ0n) is 16.0. The smallest absolute Gasteiger partial charge is 0.441 e. The minimum Gasteiger partial charge on any atom is -0.441 e. The lowest BCUT2D eigenvalue weighted by Crippen LogP contribution is -2.41. The summed E-state index contributed by atoms with van der Waals surface area (Å²) in [6.07, 6.45) is 0.698. The summed E-state index contributed by atoms with van der Waals surface area (Å²) in [6, 6.07) is 9.96. The Balaban J connectivity index is 2.52. The number of hydrogen-bond donors (Lipinski definition) is 0. The van der Waals surface area contributed by atoms with E-state index in [9.17, 15) is 9.59 Å². The highest BCUT2D eigenvalue weighted by Gasteiger charge is 2.28. The normalized spacial score (nSPS) is 11.1. The van der Waals surface area contributed by atoms with Crippen LogP contribution in [0.2, 0.25) is 0 Å². The second kappa shape index (κ2) is 11.5. The predicted octanol–water partition coefficient (Wildman–Crippen LogP) is 2.98. The first-order chi connectivity index (χ1) is 12.3. The summed E-state index contributed by atoms with van der Waals surface area (Å²) in [5.41, 5.74) is 0.461. The number of carbonyl (C=O) groups is 2. The third kappa shape index (κ3) is 9.39. The molecule has 1 aromatic rings. The number of aryl methyl sites for hydroxylation is 1. The summed E-state index contributed by atoms with van der Waals surface area (Å²) in [5.74, 6) is -0.596. The Morgan fingerprint density at radius 3 is 2.38 bits per heavy atom. The van der Waals surface area contributed by atoms with Gasteiger partial charge in [-0.3, -0.25) is 4.79 Å². The minimum atomic E-state index is -0.714. The number of amides is 1. The molecule has 0 bridgehead atoms. The lowest BCUT2D eigenvalue weighted by atomic mass is 9.99. The van der Waals surface area contributed by atoms with Gasteiger partial charge in [0.25, 0.3) is 0 Å². The summed E-state index contributed by atoms with van der Waals surface area (Å²) < 4.78 is 15.7. The topological polar surface area (TPSA) is 74.3 Å². The van der Waals surface area contributed by atoms with Gasteiger partial charge in [0, 0.05) is 14.0 Å². The molecule has 1 aromatic carbocycles. The first-order valence-corrected chi connectivity index (χ1v) is 8.64. The predicted molar refractivity (Wildman–Crippen MR) is 96.5 cm³/mol. The molecular weight excluding hydrogens is 338 g/mol. The number of ether oxygens (including phenoxy) is 3. The lowest BCUT2D eigenvalue weighted by Gasteiger charge is -2.28. The highest BCUT2D eigenvalue weighted by Crippen LogP contribution is 2.19. The number of carbonyl (C=O) groups excluding carboxylic acids is 2. The van der Waals surface area contributed by atoms with E-state index in [0.717, 1.165) is 11.5 Å². The van der Waals surface area contributed by atoms with Crippen molar-refractivity contribution in [3.63, 3.8) is 0 Å². The molecule has 26 heavy (non-hydrogen) atoms. The lowest BCUT2D eigenvalue weighted by molar-refractivity contribution is -0.184. The minimum absolute atomic E-state index is 0.0803. The molecule has 0 atom stereocenters. The number of rotatable bonds is 10. The van der Waals surface area contributed by atoms with Crippen LogP contribution in [0.3, 0.4) is 0 Å². The van der Waals surface area contributed by atoms with Crippen molar-refractivity contribution in [2.24, 2.45) is 0 Å². The maximum atomic E-state index is 12.4. The molecule has 0 unspecified atom stereocenters. The van der Waals surface area contributed by atoms with Crippen molar-refractivity contribution >= 4 is 12.1 Å². The zero-order chi connectivity index (χ0) is 19.4. The molecule has 146 valence electrons. The van der Waals surface area contributed by atoms with Gasteiger partial charge in [0.2, 0.25) is 0 Å². The fourth-order valence-electron chi connectivity index (χ4n) is 2.15. The zero-order valence-corrected chi connectivity index (χ0v) is 16.0. The molecule has 0 aromatic heterocycles. The van der Waals surface area contributed by atoms with Gasteiger partial charge >= 0.3 is 12.1 Å². The molecule has 0 aliphatic heterocycles. The molecule has 7 nitrogen and oxygen atoms in total. The average molecular weight is 367 g/mol. The van der Waals surface area contributed by atoms with Crippen LogP contribution in [0.25, 0.3) is 0 Å². The first kappa shape index (κ1) is 21.9. The van der Waals surface area contributed by atoms with Crippen molar-refractivity contribution in [3.05, 3.63) is 35.9 Å². The number of hydroxylamine groups is 2. The van der Waals surface area contributed by atoms with Crippen molar-refractivity contribution < 1.29 is 28.6 Å². The second-order valence-electron chi connectivity index (χ2n) is 6.40. The van der Waals surface area contributed by atoms with Crippen LogP contribution in [0, 0.1) is 0 Å². The van der Waals surface area contributed by atoms with Gasteiger partial charge in [0.05, 0.1) is 26.4 Å². The van der Waals surface area contributed by atoms with E-state index in [1.165, 1.54) is 12.5 Å². The van der Waals surface area contributed by atoms with Gasteiger partial charge in [-0.1, -0.05) is 30.3 Å². The van der Waals surface area contributed by atoms with Crippen molar-refractivity contribution in [3.8, 4) is 0 Å². The Hall–Kier alpha value is -2.12. The molecule has 1 amide bonds. The molecule has 1 rings (SSSR count). The molecule has 0 fully saturated rings. The average Bonchev–Trinajstić information content (AvgIpc) is 2.59. The van der Waals surface area contributed by atoms with Crippen molar-refractivity contribution in [2.75, 3.05) is 33.5 Å². The molecule has 0 heterocycles. The van der Waals surface area contributed by atoms with Crippen LogP contribution < -0.4 is 0 Å². The molecule has 0 aliphatic carbocycles. The number of benzene rings is 1. The van der Waals surface area contributed by atoms with E-state index in [1.807, 2.05) is 44.2 Å². The molecule has 0 aliphatic rings. The number of nitrogens with zero attached hydrogens (tertiary/aromatic N) is 1. The molecule has 7 heteroatoms.